The summed E-state index contributed by atoms with van der Waals surface area (Å²) in [6, 6.07) is 5.20. The van der Waals surface area contributed by atoms with Crippen molar-refractivity contribution in [3.05, 3.63) is 42.0 Å². The van der Waals surface area contributed by atoms with Crippen LogP contribution in [0, 0.1) is 0 Å². The number of methoxy groups -OCH3 is 1. The lowest BCUT2D eigenvalue weighted by molar-refractivity contribution is 0.111. The van der Waals surface area contributed by atoms with Gasteiger partial charge in [-0.3, -0.25) is 4.79 Å². The summed E-state index contributed by atoms with van der Waals surface area (Å²) in [4.78, 5) is 15.3. The monoisotopic (exact) mass is 260 g/mol. The maximum absolute atomic E-state index is 11.1. The molecule has 0 bridgehead atoms. The number of carbonyl (C=O) groups excluding carboxylic acids is 1. The number of aryl methyl sites for hydroxylation is 1. The predicted octanol–water partition coefficient (Wildman–Crippen LogP) is 2.38. The van der Waals surface area contributed by atoms with E-state index in [1.54, 1.807) is 31.5 Å². The second-order valence-corrected chi connectivity index (χ2v) is 4.15. The van der Waals surface area contributed by atoms with Crippen LogP contribution < -0.4 is 9.47 Å². The molecule has 0 spiro atoms. The van der Waals surface area contributed by atoms with Crippen LogP contribution in [0.2, 0.25) is 0 Å². The van der Waals surface area contributed by atoms with Crippen LogP contribution in [-0.4, -0.2) is 22.9 Å². The molecule has 1 atom stereocenters. The Balaban J connectivity index is 2.32. The highest BCUT2D eigenvalue weighted by atomic mass is 16.5. The van der Waals surface area contributed by atoms with Crippen LogP contribution in [0.1, 0.15) is 29.2 Å². The van der Waals surface area contributed by atoms with Crippen molar-refractivity contribution in [2.75, 3.05) is 7.11 Å². The molecular formula is C14H16N2O3. The fourth-order valence-electron chi connectivity index (χ4n) is 1.91. The highest BCUT2D eigenvalue weighted by Gasteiger charge is 2.17. The zero-order valence-corrected chi connectivity index (χ0v) is 11.2. The molecule has 0 N–H and O–H groups in total. The van der Waals surface area contributed by atoms with Crippen molar-refractivity contribution >= 4 is 6.29 Å². The number of nitrogens with zero attached hydrogens (tertiary/aromatic N) is 2. The number of carbonyl (C=O) groups is 1. The van der Waals surface area contributed by atoms with Crippen molar-refractivity contribution in [3.8, 4) is 11.5 Å². The van der Waals surface area contributed by atoms with Gasteiger partial charge < -0.3 is 14.0 Å². The Morgan fingerprint density at radius 3 is 2.79 bits per heavy atom. The summed E-state index contributed by atoms with van der Waals surface area (Å²) < 4.78 is 12.9. The van der Waals surface area contributed by atoms with E-state index in [1.807, 2.05) is 24.7 Å². The number of hydrogen-bond acceptors (Lipinski definition) is 4. The first-order valence-corrected chi connectivity index (χ1v) is 5.93. The van der Waals surface area contributed by atoms with Crippen LogP contribution in [0.3, 0.4) is 0 Å². The van der Waals surface area contributed by atoms with E-state index in [-0.39, 0.29) is 6.10 Å². The average molecular weight is 260 g/mol. The van der Waals surface area contributed by atoms with Crippen LogP contribution in [0.4, 0.5) is 0 Å². The van der Waals surface area contributed by atoms with E-state index in [1.165, 1.54) is 0 Å². The van der Waals surface area contributed by atoms with Crippen molar-refractivity contribution in [1.29, 1.82) is 0 Å². The van der Waals surface area contributed by atoms with Gasteiger partial charge in [0.1, 0.15) is 5.82 Å². The normalized spacial score (nSPS) is 11.9. The van der Waals surface area contributed by atoms with E-state index < -0.39 is 0 Å². The molecule has 2 aromatic rings. The van der Waals surface area contributed by atoms with Gasteiger partial charge in [-0.1, -0.05) is 6.07 Å². The summed E-state index contributed by atoms with van der Waals surface area (Å²) in [6.07, 6.45) is 4.02. The van der Waals surface area contributed by atoms with Crippen molar-refractivity contribution < 1.29 is 14.3 Å². The summed E-state index contributed by atoms with van der Waals surface area (Å²) in [5, 5.41) is 0. The third kappa shape index (κ3) is 2.59. The molecule has 1 aromatic carbocycles. The van der Waals surface area contributed by atoms with Crippen LogP contribution >= 0.6 is 0 Å². The Morgan fingerprint density at radius 1 is 1.42 bits per heavy atom. The first-order valence-electron chi connectivity index (χ1n) is 5.93. The van der Waals surface area contributed by atoms with E-state index in [2.05, 4.69) is 4.98 Å². The molecule has 1 heterocycles. The minimum Gasteiger partial charge on any atom is -0.493 e. The van der Waals surface area contributed by atoms with Gasteiger partial charge in [0.25, 0.3) is 0 Å². The molecule has 5 heteroatoms. The van der Waals surface area contributed by atoms with Crippen molar-refractivity contribution in [2.45, 2.75) is 13.0 Å². The lowest BCUT2D eigenvalue weighted by Gasteiger charge is -2.18. The highest BCUT2D eigenvalue weighted by Crippen LogP contribution is 2.33. The van der Waals surface area contributed by atoms with Gasteiger partial charge in [0.2, 0.25) is 0 Å². The van der Waals surface area contributed by atoms with Crippen molar-refractivity contribution in [3.63, 3.8) is 0 Å². The summed E-state index contributed by atoms with van der Waals surface area (Å²) in [7, 11) is 3.44. The van der Waals surface area contributed by atoms with Crippen LogP contribution in [0.25, 0.3) is 0 Å². The lowest BCUT2D eigenvalue weighted by Crippen LogP contribution is -2.11. The third-order valence-corrected chi connectivity index (χ3v) is 2.87. The number of hydrogen-bond donors (Lipinski definition) is 0. The first-order chi connectivity index (χ1) is 9.17. The standard InChI is InChI=1S/C14H16N2O3/c1-10(14-15-7-8-16(14)2)19-13-11(9-17)5-4-6-12(13)18-3/h4-10H,1-3H3. The number of aldehydes is 1. The molecule has 1 aromatic heterocycles. The molecule has 0 aliphatic heterocycles. The van der Waals surface area contributed by atoms with E-state index in [0.717, 1.165) is 12.1 Å². The largest absolute Gasteiger partial charge is 0.493 e. The highest BCUT2D eigenvalue weighted by molar-refractivity contribution is 5.81. The third-order valence-electron chi connectivity index (χ3n) is 2.87. The number of ether oxygens (including phenoxy) is 2. The summed E-state index contributed by atoms with van der Waals surface area (Å²) in [6.45, 7) is 1.88. The number of benzene rings is 1. The predicted molar refractivity (Wildman–Crippen MR) is 70.6 cm³/mol. The van der Waals surface area contributed by atoms with Gasteiger partial charge in [-0.25, -0.2) is 4.98 Å². The summed E-state index contributed by atoms with van der Waals surface area (Å²) in [5.74, 6) is 1.75. The minimum atomic E-state index is -0.282. The summed E-state index contributed by atoms with van der Waals surface area (Å²) in [5.41, 5.74) is 0.459. The summed E-state index contributed by atoms with van der Waals surface area (Å²) >= 11 is 0. The SMILES string of the molecule is COc1cccc(C=O)c1OC(C)c1nccn1C. The Morgan fingerprint density at radius 2 is 2.21 bits per heavy atom. The molecule has 19 heavy (non-hydrogen) atoms. The van der Waals surface area contributed by atoms with Gasteiger partial charge in [0.15, 0.2) is 23.9 Å². The molecule has 0 radical (unpaired) electrons. The molecule has 0 fully saturated rings. The molecule has 2 rings (SSSR count). The second-order valence-electron chi connectivity index (χ2n) is 4.15. The van der Waals surface area contributed by atoms with E-state index in [0.29, 0.717) is 17.1 Å². The number of aromatic nitrogens is 2. The Labute approximate surface area is 111 Å². The zero-order chi connectivity index (χ0) is 13.8. The average Bonchev–Trinajstić information content (AvgIpc) is 2.85. The van der Waals surface area contributed by atoms with E-state index in [9.17, 15) is 4.79 Å². The van der Waals surface area contributed by atoms with Gasteiger partial charge in [0.05, 0.1) is 12.7 Å². The maximum atomic E-state index is 11.1. The van der Waals surface area contributed by atoms with Gasteiger partial charge in [-0.15, -0.1) is 0 Å². The quantitative estimate of drug-likeness (QED) is 0.774. The molecule has 0 saturated heterocycles. The van der Waals surface area contributed by atoms with Gasteiger partial charge in [-0.2, -0.15) is 0 Å². The smallest absolute Gasteiger partial charge is 0.172 e. The van der Waals surface area contributed by atoms with Gasteiger partial charge in [-0.05, 0) is 19.1 Å². The molecule has 1 unspecified atom stereocenters. The van der Waals surface area contributed by atoms with Crippen LogP contribution in [0.15, 0.2) is 30.6 Å². The lowest BCUT2D eigenvalue weighted by atomic mass is 10.2. The van der Waals surface area contributed by atoms with E-state index in [4.69, 9.17) is 9.47 Å². The number of para-hydroxylation sites is 1. The first kappa shape index (κ1) is 13.1. The molecule has 100 valence electrons. The topological polar surface area (TPSA) is 53.4 Å². The van der Waals surface area contributed by atoms with Gasteiger partial charge >= 0.3 is 0 Å². The molecule has 0 aliphatic carbocycles. The Kier molecular flexibility index (Phi) is 3.85. The Hall–Kier alpha value is -2.30. The van der Waals surface area contributed by atoms with Crippen LogP contribution in [-0.2, 0) is 7.05 Å². The van der Waals surface area contributed by atoms with Crippen molar-refractivity contribution in [1.82, 2.24) is 9.55 Å². The minimum absolute atomic E-state index is 0.282. The van der Waals surface area contributed by atoms with Gasteiger partial charge in [0, 0.05) is 19.4 Å². The number of imidazole rings is 1. The maximum Gasteiger partial charge on any atom is 0.172 e. The second kappa shape index (κ2) is 5.56. The number of rotatable bonds is 5. The molecule has 0 aliphatic rings. The Bertz CT molecular complexity index is 578. The molecule has 0 saturated carbocycles. The molecule has 5 nitrogen and oxygen atoms in total. The van der Waals surface area contributed by atoms with Crippen LogP contribution in [0.5, 0.6) is 11.5 Å². The fourth-order valence-corrected chi connectivity index (χ4v) is 1.91. The molecule has 0 amide bonds. The van der Waals surface area contributed by atoms with Crippen molar-refractivity contribution in [2.24, 2.45) is 7.05 Å². The molecular weight excluding hydrogens is 244 g/mol. The van der Waals surface area contributed by atoms with E-state index >= 15 is 0 Å². The fraction of sp³-hybridized carbons (Fsp3) is 0.286. The zero-order valence-electron chi connectivity index (χ0n) is 11.2.